The lowest BCUT2D eigenvalue weighted by Crippen LogP contribution is -1.99. The van der Waals surface area contributed by atoms with Crippen molar-refractivity contribution in [1.29, 1.82) is 0 Å². The maximum absolute atomic E-state index is 10.2. The van der Waals surface area contributed by atoms with Gasteiger partial charge in [-0.1, -0.05) is 45.8 Å². The van der Waals surface area contributed by atoms with E-state index in [9.17, 15) is 9.90 Å². The molecule has 0 heterocycles. The van der Waals surface area contributed by atoms with Gasteiger partial charge in [-0.15, -0.1) is 6.58 Å². The average Bonchev–Trinajstić information content (AvgIpc) is 2.54. The van der Waals surface area contributed by atoms with E-state index in [-0.39, 0.29) is 5.75 Å². The zero-order valence-electron chi connectivity index (χ0n) is 14.2. The van der Waals surface area contributed by atoms with Gasteiger partial charge in [0.2, 0.25) is 0 Å². The summed E-state index contributed by atoms with van der Waals surface area (Å²) in [4.78, 5) is 10.2. The van der Waals surface area contributed by atoms with Crippen LogP contribution in [0.3, 0.4) is 0 Å². The first kappa shape index (κ1) is 20.2. The summed E-state index contributed by atoms with van der Waals surface area (Å²) in [5, 5.41) is 9.40. The number of benzene rings is 1. The molecule has 3 nitrogen and oxygen atoms in total. The largest absolute Gasteiger partial charge is 0.508 e. The van der Waals surface area contributed by atoms with Crippen molar-refractivity contribution >= 4 is 5.78 Å². The van der Waals surface area contributed by atoms with E-state index in [0.29, 0.717) is 25.2 Å². The van der Waals surface area contributed by atoms with Crippen molar-refractivity contribution in [1.82, 2.24) is 0 Å². The van der Waals surface area contributed by atoms with E-state index in [2.05, 4.69) is 13.5 Å². The van der Waals surface area contributed by atoms with Gasteiger partial charge < -0.3 is 9.84 Å². The zero-order chi connectivity index (χ0) is 16.8. The van der Waals surface area contributed by atoms with Crippen LogP contribution in [0.25, 0.3) is 0 Å². The predicted octanol–water partition coefficient (Wildman–Crippen LogP) is 5.07. The molecular weight excluding hydrogens is 276 g/mol. The van der Waals surface area contributed by atoms with Crippen LogP contribution in [0.15, 0.2) is 30.9 Å². The van der Waals surface area contributed by atoms with Crippen LogP contribution in [0.1, 0.15) is 58.4 Å². The third-order valence-corrected chi connectivity index (χ3v) is 3.21. The number of phenols is 1. The number of allylic oxidation sites excluding steroid dienone is 1. The van der Waals surface area contributed by atoms with Gasteiger partial charge in [0, 0.05) is 18.9 Å². The Kier molecular flexibility index (Phi) is 11.9. The van der Waals surface area contributed by atoms with Gasteiger partial charge in [-0.25, -0.2) is 0 Å². The Morgan fingerprint density at radius 3 is 2.41 bits per heavy atom. The Morgan fingerprint density at radius 1 is 1.23 bits per heavy atom. The number of rotatable bonds is 9. The van der Waals surface area contributed by atoms with E-state index >= 15 is 0 Å². The Bertz CT molecular complexity index is 432. The van der Waals surface area contributed by atoms with Crippen molar-refractivity contribution in [2.75, 3.05) is 6.61 Å². The Labute approximate surface area is 135 Å². The van der Waals surface area contributed by atoms with E-state index in [1.165, 1.54) is 12.8 Å². The molecule has 0 aliphatic carbocycles. The highest BCUT2D eigenvalue weighted by molar-refractivity contribution is 5.77. The van der Waals surface area contributed by atoms with Crippen molar-refractivity contribution in [3.8, 4) is 11.5 Å². The third kappa shape index (κ3) is 9.22. The van der Waals surface area contributed by atoms with Gasteiger partial charge >= 0.3 is 0 Å². The monoisotopic (exact) mass is 306 g/mol. The van der Waals surface area contributed by atoms with Gasteiger partial charge in [-0.05, 0) is 24.5 Å². The van der Waals surface area contributed by atoms with Crippen LogP contribution in [0, 0.1) is 0 Å². The Morgan fingerprint density at radius 2 is 1.91 bits per heavy atom. The van der Waals surface area contributed by atoms with Crippen molar-refractivity contribution < 1.29 is 14.6 Å². The SMILES string of the molecule is C=CCc1ccc(O)cc1OCCCCC.CCC(=O)CC. The highest BCUT2D eigenvalue weighted by atomic mass is 16.5. The van der Waals surface area contributed by atoms with Crippen LogP contribution in [-0.2, 0) is 11.2 Å². The molecule has 0 amide bonds. The fourth-order valence-corrected chi connectivity index (χ4v) is 1.79. The maximum Gasteiger partial charge on any atom is 0.132 e. The Balaban J connectivity index is 0.000000626. The van der Waals surface area contributed by atoms with Crippen LogP contribution in [-0.4, -0.2) is 17.5 Å². The van der Waals surface area contributed by atoms with Crippen molar-refractivity contribution in [3.63, 3.8) is 0 Å². The van der Waals surface area contributed by atoms with Crippen molar-refractivity contribution in [2.45, 2.75) is 59.3 Å². The highest BCUT2D eigenvalue weighted by Crippen LogP contribution is 2.25. The van der Waals surface area contributed by atoms with Crippen LogP contribution in [0.4, 0.5) is 0 Å². The lowest BCUT2D eigenvalue weighted by molar-refractivity contribution is -0.118. The number of phenolic OH excluding ortho intramolecular Hbond substituents is 1. The topological polar surface area (TPSA) is 46.5 Å². The molecule has 0 saturated carbocycles. The number of hydrogen-bond acceptors (Lipinski definition) is 3. The summed E-state index contributed by atoms with van der Waals surface area (Å²) in [7, 11) is 0. The molecule has 0 fully saturated rings. The fourth-order valence-electron chi connectivity index (χ4n) is 1.79. The summed E-state index contributed by atoms with van der Waals surface area (Å²) in [5.74, 6) is 1.37. The van der Waals surface area contributed by atoms with Crippen LogP contribution >= 0.6 is 0 Å². The lowest BCUT2D eigenvalue weighted by atomic mass is 10.1. The first-order chi connectivity index (χ1) is 10.6. The minimum Gasteiger partial charge on any atom is -0.508 e. The number of Topliss-reactive ketones (excluding diaryl/α,β-unsaturated/α-hetero) is 1. The highest BCUT2D eigenvalue weighted by Gasteiger charge is 2.03. The van der Waals surface area contributed by atoms with Gasteiger partial charge in [-0.2, -0.15) is 0 Å². The first-order valence-electron chi connectivity index (χ1n) is 8.16. The molecule has 1 rings (SSSR count). The normalized spacial score (nSPS) is 9.59. The summed E-state index contributed by atoms with van der Waals surface area (Å²) in [6, 6.07) is 5.23. The van der Waals surface area contributed by atoms with E-state index in [1.807, 2.05) is 26.0 Å². The molecule has 0 aliphatic heterocycles. The molecule has 1 N–H and O–H groups in total. The zero-order valence-corrected chi connectivity index (χ0v) is 14.2. The van der Waals surface area contributed by atoms with E-state index in [1.54, 1.807) is 12.1 Å². The summed E-state index contributed by atoms with van der Waals surface area (Å²) >= 11 is 0. The van der Waals surface area contributed by atoms with Crippen molar-refractivity contribution in [3.05, 3.63) is 36.4 Å². The molecule has 0 bridgehead atoms. The molecule has 0 atom stereocenters. The van der Waals surface area contributed by atoms with E-state index in [4.69, 9.17) is 4.74 Å². The number of hydrogen-bond donors (Lipinski definition) is 1. The second kappa shape index (κ2) is 12.9. The quantitative estimate of drug-likeness (QED) is 0.512. The molecule has 22 heavy (non-hydrogen) atoms. The number of ether oxygens (including phenoxy) is 1. The molecule has 0 radical (unpaired) electrons. The minimum atomic E-state index is 0.248. The number of carbonyl (C=O) groups excluding carboxylic acids is 1. The Hall–Kier alpha value is -1.77. The van der Waals surface area contributed by atoms with Gasteiger partial charge in [-0.3, -0.25) is 4.79 Å². The second-order valence-electron chi connectivity index (χ2n) is 5.09. The lowest BCUT2D eigenvalue weighted by Gasteiger charge is -2.10. The molecule has 3 heteroatoms. The molecule has 1 aromatic rings. The third-order valence-electron chi connectivity index (χ3n) is 3.21. The molecule has 0 aromatic heterocycles. The van der Waals surface area contributed by atoms with E-state index < -0.39 is 0 Å². The summed E-state index contributed by atoms with van der Waals surface area (Å²) < 4.78 is 5.66. The van der Waals surface area contributed by atoms with E-state index in [0.717, 1.165) is 24.2 Å². The van der Waals surface area contributed by atoms with Gasteiger partial charge in [0.25, 0.3) is 0 Å². The second-order valence-corrected chi connectivity index (χ2v) is 5.09. The molecule has 124 valence electrons. The molecule has 0 spiro atoms. The van der Waals surface area contributed by atoms with Gasteiger partial charge in [0.1, 0.15) is 17.3 Å². The van der Waals surface area contributed by atoms with Crippen LogP contribution in [0.5, 0.6) is 11.5 Å². The number of carbonyl (C=O) groups is 1. The smallest absolute Gasteiger partial charge is 0.132 e. The van der Waals surface area contributed by atoms with Crippen LogP contribution in [0.2, 0.25) is 0 Å². The van der Waals surface area contributed by atoms with Gasteiger partial charge in [0.15, 0.2) is 0 Å². The minimum absolute atomic E-state index is 0.248. The molecule has 0 unspecified atom stereocenters. The summed E-state index contributed by atoms with van der Waals surface area (Å²) in [6.45, 7) is 10.3. The van der Waals surface area contributed by atoms with Crippen LogP contribution < -0.4 is 4.74 Å². The van der Waals surface area contributed by atoms with Crippen molar-refractivity contribution in [2.24, 2.45) is 0 Å². The average molecular weight is 306 g/mol. The fraction of sp³-hybridized carbons (Fsp3) is 0.526. The summed E-state index contributed by atoms with van der Waals surface area (Å²) in [6.07, 6.45) is 7.40. The molecule has 0 saturated heterocycles. The number of aromatic hydroxyl groups is 1. The molecular formula is C19H30O3. The summed E-state index contributed by atoms with van der Waals surface area (Å²) in [5.41, 5.74) is 1.07. The molecule has 0 aliphatic rings. The standard InChI is InChI=1S/C14H20O2.C5H10O/c1-3-5-6-10-16-14-11-13(15)9-8-12(14)7-4-2;1-3-5(6)4-2/h4,8-9,11,15H,2-3,5-7,10H2,1H3;3-4H2,1-2H3. The maximum atomic E-state index is 10.2. The number of ketones is 1. The number of unbranched alkanes of at least 4 members (excludes halogenated alkanes) is 2. The predicted molar refractivity (Wildman–Crippen MR) is 92.6 cm³/mol. The molecule has 1 aromatic carbocycles. The first-order valence-corrected chi connectivity index (χ1v) is 8.16. The van der Waals surface area contributed by atoms with Gasteiger partial charge in [0.05, 0.1) is 6.61 Å².